The van der Waals surface area contributed by atoms with Gasteiger partial charge in [0.15, 0.2) is 17.4 Å². The maximum Gasteiger partial charge on any atom is 0.508 e. The number of hydrogen-bond acceptors (Lipinski definition) is 20. The number of halogens is 2. The Morgan fingerprint density at radius 3 is 1.02 bits per heavy atom. The number of benzene rings is 5. The Balaban J connectivity index is 0.000000222. The van der Waals surface area contributed by atoms with Crippen LogP contribution in [0, 0.1) is 0 Å². The van der Waals surface area contributed by atoms with Gasteiger partial charge in [-0.1, -0.05) is 230 Å². The minimum absolute atomic E-state index is 0.220. The summed E-state index contributed by atoms with van der Waals surface area (Å²) in [4.78, 5) is 158. The van der Waals surface area contributed by atoms with E-state index in [1.54, 1.807) is 76.6 Å². The monoisotopic (exact) mass is 2190 g/mol. The molecule has 6 fully saturated rings. The third-order valence-electron chi connectivity index (χ3n) is 24.3. The first-order valence-electron chi connectivity index (χ1n) is 48.2. The summed E-state index contributed by atoms with van der Waals surface area (Å²) in [5.74, 6) is -5.32. The van der Waals surface area contributed by atoms with Gasteiger partial charge in [0, 0.05) is 163 Å². The van der Waals surface area contributed by atoms with Crippen molar-refractivity contribution in [1.82, 2.24) is 49.3 Å². The van der Waals surface area contributed by atoms with Crippen LogP contribution in [0.2, 0.25) is 13.3 Å². The van der Waals surface area contributed by atoms with Gasteiger partial charge in [0.2, 0.25) is 46.7 Å². The van der Waals surface area contributed by atoms with Gasteiger partial charge in [-0.05, 0) is 116 Å². The van der Waals surface area contributed by atoms with Crippen molar-refractivity contribution in [3.63, 3.8) is 0 Å². The number of pyridine rings is 2. The number of hydrogen-bond donors (Lipinski definition) is 3. The van der Waals surface area contributed by atoms with E-state index >= 15 is 0 Å². The summed E-state index contributed by atoms with van der Waals surface area (Å²) in [6.07, 6.45) is 27.0. The summed E-state index contributed by atoms with van der Waals surface area (Å²) in [6, 6.07) is 61.9. The molecule has 0 bridgehead atoms. The number of amides is 6. The molecule has 34 heteroatoms. The zero-order valence-electron chi connectivity index (χ0n) is 82.4. The van der Waals surface area contributed by atoms with E-state index in [2.05, 4.69) is 140 Å². The van der Waals surface area contributed by atoms with Gasteiger partial charge in [-0.3, -0.25) is 62.7 Å². The van der Waals surface area contributed by atoms with E-state index in [1.165, 1.54) is 115 Å². The molecule has 4 aromatic heterocycles. The summed E-state index contributed by atoms with van der Waals surface area (Å²) in [7, 11) is 14.0. The molecule has 6 aliphatic heterocycles. The van der Waals surface area contributed by atoms with E-state index in [1.807, 2.05) is 138 Å². The van der Waals surface area contributed by atoms with Crippen molar-refractivity contribution in [3.8, 4) is 0 Å². The van der Waals surface area contributed by atoms with Gasteiger partial charge in [-0.25, -0.2) is 9.78 Å². The smallest absolute Gasteiger partial charge is 0.422 e. The second kappa shape index (κ2) is 64.5. The van der Waals surface area contributed by atoms with Crippen LogP contribution in [-0.2, 0) is 43.2 Å². The number of thiazole rings is 2. The maximum atomic E-state index is 11.9. The Bertz CT molecular complexity index is 5570. The molecule has 0 aliphatic carbocycles. The standard InChI is InChI=1S/C20H20N2O2.C18H18N2O2S.C15H16BrNO2.C13H13BBrNO.C13H14BNO.C6H8BNO2.C5H6BNO2.3C4H9.C3H2NS.C3H4O3.Sn/c1-15(23)20(24)22-13-10-17(11-14-22)19(16-7-3-2-4-8-16)18-9-5-6-12-21-18;1-13(21)18(22)20-10-7-15(8-11-20)16(17-19-9-12-23-17)14-5-3-2-4-6-14;1-11(18)15(19)17-9-7-13(8-10-17)14(16)12-5-3-2-4-6-12;14-13(17)16-8-6-11(7-9-16)12(15)10-4-2-1-3-5-10;14-13(16)15-8-6-12(7-9-15)10-11-4-2-1-3-5-11;7-6(10)8-3-1-5(9)2-4-8;8-6(9)5-3-1-2-4-7-5;3*1-3-4-2;1-2-5-3-4-1;1-2(4)3(5)6;/h2-9,12H,10-11,13-14H2,1H3;2-6,9,12H,7-8,10-11H2,1H3;2-6H,7-10H2,1H3;1-5H,6-9H2;1-5,10H,6-9H2;1-4H2;1-4,8-9H;3*1,3-4H2,2H3;1-2H;1H3,(H,5,6);. The summed E-state index contributed by atoms with van der Waals surface area (Å²) in [5.41, 5.74) is 16.1. The van der Waals surface area contributed by atoms with Crippen LogP contribution in [0.4, 0.5) is 14.4 Å². The van der Waals surface area contributed by atoms with Crippen LogP contribution in [0.25, 0.3) is 26.2 Å². The molecule has 6 amide bonds. The predicted octanol–water partition coefficient (Wildman–Crippen LogP) is 18.4. The second-order valence-corrected chi connectivity index (χ2v) is 51.8. The zero-order valence-corrected chi connectivity index (χ0v) is 90.0. The number of piperidine rings is 6. The van der Waals surface area contributed by atoms with Crippen molar-refractivity contribution in [3.05, 3.63) is 290 Å². The molecule has 0 spiro atoms. The number of aromatic nitrogens is 4. The first-order chi connectivity index (χ1) is 68.3. The number of nitrogens with zero attached hydrogens (tertiary/aromatic N) is 10. The average Bonchev–Trinajstić information content (AvgIpc) is 1.42. The van der Waals surface area contributed by atoms with Crippen molar-refractivity contribution in [1.29, 1.82) is 0 Å². The summed E-state index contributed by atoms with van der Waals surface area (Å²) in [6.45, 7) is 19.5. The predicted molar refractivity (Wildman–Crippen MR) is 580 cm³/mol. The fourth-order valence-electron chi connectivity index (χ4n) is 16.4. The Morgan fingerprint density at radius 2 is 0.704 bits per heavy atom. The molecule has 0 saturated carbocycles. The van der Waals surface area contributed by atoms with Crippen LogP contribution in [-0.4, -0.2) is 262 Å². The molecule has 9 aromatic rings. The first kappa shape index (κ1) is 118. The van der Waals surface area contributed by atoms with Crippen molar-refractivity contribution in [2.75, 3.05) is 78.5 Å². The van der Waals surface area contributed by atoms with Gasteiger partial charge in [-0.2, -0.15) is 0 Å². The number of unbranched alkanes of at least 4 members (excludes halogenated alkanes) is 3. The molecule has 6 radical (unpaired) electrons. The van der Waals surface area contributed by atoms with E-state index in [4.69, 9.17) is 43.7 Å². The van der Waals surface area contributed by atoms with Crippen molar-refractivity contribution in [2.45, 2.75) is 177 Å². The van der Waals surface area contributed by atoms with Crippen LogP contribution >= 0.6 is 54.5 Å². The minimum atomic E-state index is -2.12. The van der Waals surface area contributed by atoms with E-state index in [9.17, 15) is 57.5 Å². The third-order valence-corrected chi connectivity index (χ3v) is 45.8. The Kier molecular flexibility index (Phi) is 53.6. The van der Waals surface area contributed by atoms with Crippen LogP contribution < -0.4 is 8.62 Å². The molecule has 15 rings (SSSR count). The van der Waals surface area contributed by atoms with Crippen LogP contribution in [0.15, 0.2) is 251 Å². The molecule has 3 N–H and O–H groups in total. The normalized spacial score (nSPS) is 14.3. The van der Waals surface area contributed by atoms with E-state index in [0.717, 1.165) is 126 Å². The minimum Gasteiger partial charge on any atom is -0.422 e. The fraction of sp³-hybridized carbons (Fsp3) is 0.370. The number of carboxylic acid groups (broad SMARTS) is 1. The molecule has 10 heterocycles. The maximum absolute atomic E-state index is 11.9. The quantitative estimate of drug-likeness (QED) is 0.0419. The van der Waals surface area contributed by atoms with E-state index in [0.29, 0.717) is 78.3 Å². The molecule has 6 saturated heterocycles. The largest absolute Gasteiger partial charge is 0.508 e. The molecular weight excluding hydrogens is 2060 g/mol. The molecule has 6 aliphatic rings. The van der Waals surface area contributed by atoms with Crippen LogP contribution in [0.5, 0.6) is 0 Å². The summed E-state index contributed by atoms with van der Waals surface area (Å²) in [5, 5.41) is 29.9. The fourth-order valence-corrected chi connectivity index (χ4v) is 37.6. The van der Waals surface area contributed by atoms with Gasteiger partial charge < -0.3 is 44.6 Å². The number of aliphatic carboxylic acids is 1. The summed E-state index contributed by atoms with van der Waals surface area (Å²) >= 11 is 8.76. The molecule has 25 nitrogen and oxygen atoms in total. The first-order valence-corrected chi connectivity index (χ1v) is 59.0. The SMILES string of the molecule is CC(=O)C(=O)N1CCC(=C(Br)c2ccccc2)CC1.CC(=O)C(=O)N1CCC(=C(c2ccccc2)c2ccccn2)CC1.CC(=O)C(=O)N1CCC(=C(c2ccccc2)c2nccs2)CC1.CC(=O)C(=O)O.CCC[CH2][Sn]([CH2]CCC)([CH2]CCC)[c]1nccs1.OB(O)c1ccccn1.[B]C(=O)N1CCC(=C(Br)c2ccccc2)CC1.[B]C(=O)N1CCC(=Cc2ccccc2)CC1.[B]C(=O)N1CCC(=O)CC1. The van der Waals surface area contributed by atoms with Crippen molar-refractivity contribution >= 4 is 208 Å². The average molecular weight is 2190 g/mol. The number of carbonyl (C=O) groups excluding carboxylic acids is 11. The number of Topliss-reactive ketones (excluding diaryl/α,β-unsaturated/α-hetero) is 5. The van der Waals surface area contributed by atoms with Crippen LogP contribution in [0.3, 0.4) is 0 Å². The van der Waals surface area contributed by atoms with Gasteiger partial charge >= 0.3 is 135 Å². The summed E-state index contributed by atoms with van der Waals surface area (Å²) < 4.78 is 8.50. The van der Waals surface area contributed by atoms with Gasteiger partial charge in [-0.15, -0.1) is 11.3 Å². The third kappa shape index (κ3) is 40.6. The van der Waals surface area contributed by atoms with Gasteiger partial charge in [0.05, 0.1) is 11.3 Å². The molecule has 5 aromatic carbocycles. The molecule has 742 valence electrons. The molecule has 0 atom stereocenters. The number of ketones is 5. The number of likely N-dealkylation sites (tertiary alicyclic amines) is 6. The van der Waals surface area contributed by atoms with E-state index < -0.39 is 48.8 Å². The number of carbonyl (C=O) groups is 12. The molecule has 0 unspecified atom stereocenters. The van der Waals surface area contributed by atoms with Gasteiger partial charge in [0.25, 0.3) is 17.7 Å². The van der Waals surface area contributed by atoms with E-state index in [-0.39, 0.29) is 52.3 Å². The van der Waals surface area contributed by atoms with Gasteiger partial charge in [0.1, 0.15) is 10.8 Å². The Hall–Kier alpha value is -11.1. The number of rotatable bonds is 22. The van der Waals surface area contributed by atoms with Crippen molar-refractivity contribution in [2.24, 2.45) is 0 Å². The molecule has 142 heavy (non-hydrogen) atoms. The molecular formula is C108H128B4Br2N10O15S2Sn. The second-order valence-electron chi connectivity index (χ2n) is 34.5. The topological polar surface area (TPSA) is 337 Å². The Morgan fingerprint density at radius 1 is 0.380 bits per heavy atom. The van der Waals surface area contributed by atoms with Crippen molar-refractivity contribution < 1.29 is 72.7 Å². The zero-order chi connectivity index (χ0) is 103. The number of carboxylic acids is 1. The Labute approximate surface area is 869 Å². The van der Waals surface area contributed by atoms with Crippen LogP contribution in [0.1, 0.15) is 203 Å².